The third-order valence-electron chi connectivity index (χ3n) is 4.47. The van der Waals surface area contributed by atoms with Crippen LogP contribution < -0.4 is 0 Å². The van der Waals surface area contributed by atoms with Gasteiger partial charge in [0, 0.05) is 16.4 Å². The van der Waals surface area contributed by atoms with Crippen LogP contribution in [0.4, 0.5) is 0 Å². The molecule has 0 saturated heterocycles. The van der Waals surface area contributed by atoms with Gasteiger partial charge in [-0.05, 0) is 68.4 Å². The second-order valence-corrected chi connectivity index (χ2v) is 8.40. The van der Waals surface area contributed by atoms with E-state index in [1.807, 2.05) is 31.4 Å². The Hall–Kier alpha value is -2.35. The van der Waals surface area contributed by atoms with Crippen molar-refractivity contribution in [3.63, 3.8) is 0 Å². The van der Waals surface area contributed by atoms with E-state index in [0.717, 1.165) is 27.7 Å². The predicted molar refractivity (Wildman–Crippen MR) is 116 cm³/mol. The van der Waals surface area contributed by atoms with Crippen LogP contribution >= 0.6 is 35.0 Å². The molecule has 0 unspecified atom stereocenters. The number of aromatic nitrogens is 1. The summed E-state index contributed by atoms with van der Waals surface area (Å²) >= 11 is 13.8. The van der Waals surface area contributed by atoms with Gasteiger partial charge in [-0.25, -0.2) is 0 Å². The van der Waals surface area contributed by atoms with Crippen molar-refractivity contribution in [2.75, 3.05) is 0 Å². The van der Waals surface area contributed by atoms with Gasteiger partial charge in [-0.15, -0.1) is 0 Å². The maximum absolute atomic E-state index is 12.5. The van der Waals surface area contributed by atoms with Crippen molar-refractivity contribution in [3.05, 3.63) is 56.8 Å². The minimum absolute atomic E-state index is 0.0185. The average molecular weight is 432 g/mol. The van der Waals surface area contributed by atoms with E-state index in [9.17, 15) is 4.79 Å². The second kappa shape index (κ2) is 6.92. The van der Waals surface area contributed by atoms with Gasteiger partial charge in [0.05, 0.1) is 21.3 Å². The first-order chi connectivity index (χ1) is 13.3. The number of amides is 1. The number of hydrogen-bond acceptors (Lipinski definition) is 4. The van der Waals surface area contributed by atoms with Crippen molar-refractivity contribution in [2.24, 2.45) is 10.1 Å². The molecule has 4 rings (SSSR count). The quantitative estimate of drug-likeness (QED) is 0.676. The molecule has 0 radical (unpaired) electrons. The molecule has 1 N–H and O–H groups in total. The number of halogens is 2. The Bertz CT molecular complexity index is 1150. The number of carbonyl (C=O) groups is 1. The Balaban J connectivity index is 1.81. The molecule has 142 valence electrons. The van der Waals surface area contributed by atoms with Crippen LogP contribution in [0.5, 0.6) is 0 Å². The van der Waals surface area contributed by atoms with Crippen LogP contribution in [0.2, 0.25) is 10.0 Å². The SMILES string of the molecule is CC1=NN2C(=N)/C(=C/c3cc(C)n(-c4cc(Cl)ccc4Cl)c3C)C(=O)N=C2S1. The van der Waals surface area contributed by atoms with Gasteiger partial charge in [-0.2, -0.15) is 15.1 Å². The number of thioether (sulfide) groups is 1. The summed E-state index contributed by atoms with van der Waals surface area (Å²) in [6, 6.07) is 7.22. The van der Waals surface area contributed by atoms with E-state index in [0.29, 0.717) is 15.2 Å². The van der Waals surface area contributed by atoms with E-state index in [-0.39, 0.29) is 11.4 Å². The number of rotatable bonds is 2. The van der Waals surface area contributed by atoms with Gasteiger partial charge in [0.1, 0.15) is 0 Å². The third-order valence-corrected chi connectivity index (χ3v) is 5.85. The zero-order valence-corrected chi connectivity index (χ0v) is 17.6. The number of aryl methyl sites for hydroxylation is 1. The molecule has 28 heavy (non-hydrogen) atoms. The molecule has 0 bridgehead atoms. The summed E-state index contributed by atoms with van der Waals surface area (Å²) in [4.78, 5) is 16.6. The molecule has 0 fully saturated rings. The molecule has 0 atom stereocenters. The summed E-state index contributed by atoms with van der Waals surface area (Å²) < 4.78 is 1.97. The highest BCUT2D eigenvalue weighted by Crippen LogP contribution is 2.32. The fourth-order valence-electron chi connectivity index (χ4n) is 3.20. The molecule has 2 aromatic rings. The summed E-state index contributed by atoms with van der Waals surface area (Å²) in [5.41, 5.74) is 3.56. The fourth-order valence-corrected chi connectivity index (χ4v) is 4.31. The van der Waals surface area contributed by atoms with Gasteiger partial charge in [0.15, 0.2) is 5.84 Å². The van der Waals surface area contributed by atoms with Gasteiger partial charge in [0.2, 0.25) is 5.17 Å². The zero-order chi connectivity index (χ0) is 20.2. The molecule has 0 aliphatic carbocycles. The van der Waals surface area contributed by atoms with E-state index in [1.54, 1.807) is 24.3 Å². The first kappa shape index (κ1) is 19.0. The molecular weight excluding hydrogens is 417 g/mol. The van der Waals surface area contributed by atoms with Crippen LogP contribution in [0.25, 0.3) is 11.8 Å². The van der Waals surface area contributed by atoms with Crippen LogP contribution in [-0.4, -0.2) is 31.5 Å². The second-order valence-electron chi connectivity index (χ2n) is 6.40. The zero-order valence-electron chi connectivity index (χ0n) is 15.2. The van der Waals surface area contributed by atoms with E-state index in [1.165, 1.54) is 16.8 Å². The van der Waals surface area contributed by atoms with Gasteiger partial charge >= 0.3 is 0 Å². The normalized spacial score (nSPS) is 17.9. The molecule has 3 heterocycles. The number of nitrogens with one attached hydrogen (secondary N) is 1. The number of hydrogen-bond donors (Lipinski definition) is 1. The highest BCUT2D eigenvalue weighted by molar-refractivity contribution is 8.26. The summed E-state index contributed by atoms with van der Waals surface area (Å²) in [7, 11) is 0. The van der Waals surface area contributed by atoms with Gasteiger partial charge in [-0.3, -0.25) is 10.2 Å². The molecule has 1 amide bonds. The summed E-state index contributed by atoms with van der Waals surface area (Å²) in [5.74, 6) is -0.427. The molecular formula is C19H15Cl2N5OS. The van der Waals surface area contributed by atoms with E-state index in [2.05, 4.69) is 10.1 Å². The number of amidine groups is 2. The lowest BCUT2D eigenvalue weighted by atomic mass is 10.1. The molecule has 2 aliphatic rings. The van der Waals surface area contributed by atoms with E-state index in [4.69, 9.17) is 28.6 Å². The first-order valence-corrected chi connectivity index (χ1v) is 9.94. The maximum Gasteiger partial charge on any atom is 0.283 e. The largest absolute Gasteiger partial charge is 0.316 e. The van der Waals surface area contributed by atoms with Crippen LogP contribution in [0.1, 0.15) is 23.9 Å². The predicted octanol–water partition coefficient (Wildman–Crippen LogP) is 5.04. The number of benzene rings is 1. The molecule has 2 aliphatic heterocycles. The lowest BCUT2D eigenvalue weighted by molar-refractivity contribution is -0.114. The van der Waals surface area contributed by atoms with Gasteiger partial charge in [0.25, 0.3) is 5.91 Å². The van der Waals surface area contributed by atoms with E-state index < -0.39 is 5.91 Å². The van der Waals surface area contributed by atoms with Crippen LogP contribution in [-0.2, 0) is 4.79 Å². The minimum Gasteiger partial charge on any atom is -0.316 e. The number of nitrogens with zero attached hydrogens (tertiary/aromatic N) is 4. The van der Waals surface area contributed by atoms with Crippen molar-refractivity contribution in [3.8, 4) is 5.69 Å². The van der Waals surface area contributed by atoms with Crippen molar-refractivity contribution in [1.82, 2.24) is 9.58 Å². The number of fused-ring (bicyclic) bond motifs is 1. The van der Waals surface area contributed by atoms with Crippen molar-refractivity contribution < 1.29 is 4.79 Å². The number of hydrazone groups is 1. The molecule has 6 nitrogen and oxygen atoms in total. The molecule has 1 aromatic carbocycles. The fraction of sp³-hybridized carbons (Fsp3) is 0.158. The maximum atomic E-state index is 12.5. The van der Waals surface area contributed by atoms with Crippen molar-refractivity contribution >= 4 is 63.0 Å². The Morgan fingerprint density at radius 2 is 1.93 bits per heavy atom. The Labute approximate surface area is 176 Å². The third kappa shape index (κ3) is 3.09. The molecule has 1 aromatic heterocycles. The van der Waals surface area contributed by atoms with Crippen LogP contribution in [0.3, 0.4) is 0 Å². The number of aliphatic imine (C=N–C) groups is 1. The Morgan fingerprint density at radius 3 is 2.68 bits per heavy atom. The van der Waals surface area contributed by atoms with Crippen LogP contribution in [0, 0.1) is 19.3 Å². The smallest absolute Gasteiger partial charge is 0.283 e. The lowest BCUT2D eigenvalue weighted by Gasteiger charge is -2.20. The summed E-state index contributed by atoms with van der Waals surface area (Å²) in [6.07, 6.45) is 1.68. The summed E-state index contributed by atoms with van der Waals surface area (Å²) in [5, 5.41) is 16.3. The van der Waals surface area contributed by atoms with Crippen LogP contribution in [0.15, 0.2) is 39.9 Å². The number of carbonyl (C=O) groups excluding carboxylic acids is 1. The van der Waals surface area contributed by atoms with E-state index >= 15 is 0 Å². The monoisotopic (exact) mass is 431 g/mol. The first-order valence-electron chi connectivity index (χ1n) is 8.37. The molecule has 0 saturated carbocycles. The Kier molecular flexibility index (Phi) is 4.69. The molecule has 9 heteroatoms. The average Bonchev–Trinajstić information content (AvgIpc) is 3.13. The lowest BCUT2D eigenvalue weighted by Crippen LogP contribution is -2.35. The standard InChI is InChI=1S/C19H15Cl2N5OS/c1-9-6-12(10(2)25(9)16-8-13(20)4-5-15(16)21)7-14-17(22)26-19(23-18(14)27)28-11(3)24-26/h4-8,22H,1-3H3/b14-7-,22-17?. The highest BCUT2D eigenvalue weighted by atomic mass is 35.5. The van der Waals surface area contributed by atoms with Crippen molar-refractivity contribution in [2.45, 2.75) is 20.8 Å². The summed E-state index contributed by atoms with van der Waals surface area (Å²) in [6.45, 7) is 5.69. The van der Waals surface area contributed by atoms with Crippen molar-refractivity contribution in [1.29, 1.82) is 5.41 Å². The molecule has 0 spiro atoms. The van der Waals surface area contributed by atoms with Gasteiger partial charge < -0.3 is 4.57 Å². The minimum atomic E-state index is -0.445. The Morgan fingerprint density at radius 1 is 1.18 bits per heavy atom. The highest BCUT2D eigenvalue weighted by Gasteiger charge is 2.34. The van der Waals surface area contributed by atoms with Gasteiger partial charge in [-0.1, -0.05) is 23.2 Å². The topological polar surface area (TPSA) is 73.8 Å².